The fourth-order valence-electron chi connectivity index (χ4n) is 7.22. The van der Waals surface area contributed by atoms with E-state index in [1.54, 1.807) is 43.1 Å². The monoisotopic (exact) mass is 817 g/mol. The molecule has 298 valence electrons. The summed E-state index contributed by atoms with van der Waals surface area (Å²) in [5, 5.41) is 17.9. The van der Waals surface area contributed by atoms with Gasteiger partial charge in [0.1, 0.15) is 22.9 Å². The Balaban J connectivity index is 0.984. The lowest BCUT2D eigenvalue weighted by atomic mass is 9.96. The van der Waals surface area contributed by atoms with Crippen molar-refractivity contribution in [3.63, 3.8) is 0 Å². The lowest BCUT2D eigenvalue weighted by molar-refractivity contribution is -0.384. The zero-order chi connectivity index (χ0) is 40.8. The van der Waals surface area contributed by atoms with Gasteiger partial charge in [-0.15, -0.1) is 11.8 Å². The van der Waals surface area contributed by atoms with Gasteiger partial charge < -0.3 is 29.6 Å². The summed E-state index contributed by atoms with van der Waals surface area (Å²) in [6, 6.07) is 36.8. The quantitative estimate of drug-likeness (QED) is 0.0325. The number of halogens is 1. The molecule has 0 spiro atoms. The Morgan fingerprint density at radius 2 is 1.53 bits per heavy atom. The van der Waals surface area contributed by atoms with Gasteiger partial charge in [0.25, 0.3) is 11.6 Å². The predicted octanol–water partition coefficient (Wildman–Crippen LogP) is 8.74. The molecular formula is C44H44FN7O4S2. The summed E-state index contributed by atoms with van der Waals surface area (Å²) in [5.41, 5.74) is 7.73. The van der Waals surface area contributed by atoms with Crippen molar-refractivity contribution in [3.8, 4) is 22.4 Å². The maximum atomic E-state index is 13.9. The van der Waals surface area contributed by atoms with Gasteiger partial charge in [0.15, 0.2) is 4.90 Å². The molecule has 1 amide bonds. The third kappa shape index (κ3) is 8.94. The van der Waals surface area contributed by atoms with E-state index in [0.29, 0.717) is 28.4 Å². The third-order valence-corrected chi connectivity index (χ3v) is 12.4. The highest BCUT2D eigenvalue weighted by Gasteiger charge is 2.27. The Morgan fingerprint density at radius 1 is 0.845 bits per heavy atom. The second-order valence-electron chi connectivity index (χ2n) is 13.8. The summed E-state index contributed by atoms with van der Waals surface area (Å²) in [6.45, 7) is 5.53. The molecule has 14 heteroatoms. The van der Waals surface area contributed by atoms with Crippen LogP contribution in [0.15, 0.2) is 131 Å². The number of anilines is 4. The van der Waals surface area contributed by atoms with E-state index in [2.05, 4.69) is 37.3 Å². The van der Waals surface area contributed by atoms with E-state index in [1.165, 1.54) is 18.2 Å². The first kappa shape index (κ1) is 40.2. The highest BCUT2D eigenvalue weighted by molar-refractivity contribution is 7.99. The van der Waals surface area contributed by atoms with Crippen LogP contribution in [0.5, 0.6) is 0 Å². The van der Waals surface area contributed by atoms with Gasteiger partial charge in [-0.1, -0.05) is 30.3 Å². The number of hydrogen-bond acceptors (Lipinski definition) is 9. The van der Waals surface area contributed by atoms with Crippen LogP contribution >= 0.6 is 11.8 Å². The molecule has 0 bridgehead atoms. The van der Waals surface area contributed by atoms with Gasteiger partial charge in [-0.3, -0.25) is 14.9 Å². The first-order chi connectivity index (χ1) is 28.1. The van der Waals surface area contributed by atoms with Gasteiger partial charge in [-0.05, 0) is 103 Å². The number of piperazine rings is 1. The molecule has 2 heterocycles. The smallest absolute Gasteiger partial charge is 0.297 e. The van der Waals surface area contributed by atoms with Crippen molar-refractivity contribution >= 4 is 57.5 Å². The second-order valence-corrected chi connectivity index (χ2v) is 16.2. The van der Waals surface area contributed by atoms with Gasteiger partial charge in [-0.2, -0.15) is 0 Å². The van der Waals surface area contributed by atoms with Crippen LogP contribution < -0.4 is 25.2 Å². The number of benzene rings is 5. The van der Waals surface area contributed by atoms with Crippen molar-refractivity contribution in [2.45, 2.75) is 16.7 Å². The summed E-state index contributed by atoms with van der Waals surface area (Å²) in [4.78, 5) is 30.8. The summed E-state index contributed by atoms with van der Waals surface area (Å²) in [6.07, 6.45) is 0. The molecule has 1 aliphatic rings. The molecule has 0 radical (unpaired) electrons. The molecule has 1 atom stereocenters. The van der Waals surface area contributed by atoms with E-state index in [1.807, 2.05) is 85.3 Å². The van der Waals surface area contributed by atoms with Crippen molar-refractivity contribution in [1.82, 2.24) is 9.88 Å². The average molecular weight is 818 g/mol. The number of nitro groups is 1. The van der Waals surface area contributed by atoms with Crippen LogP contribution in [0.2, 0.25) is 0 Å². The number of nitro benzene ring substituents is 1. The van der Waals surface area contributed by atoms with Crippen LogP contribution in [0, 0.1) is 22.9 Å². The Kier molecular flexibility index (Phi) is 12.6. The van der Waals surface area contributed by atoms with Gasteiger partial charge in [0.2, 0.25) is 0 Å². The largest absolute Gasteiger partial charge is 0.588 e. The Hall–Kier alpha value is -5.96. The number of aromatic nitrogens is 1. The molecule has 1 aromatic heterocycles. The van der Waals surface area contributed by atoms with Crippen molar-refractivity contribution < 1.29 is 18.7 Å². The highest BCUT2D eigenvalue weighted by atomic mass is 32.2. The number of nitrogens with one attached hydrogen (secondary N) is 3. The topological polar surface area (TPSA) is 131 Å². The number of amides is 1. The molecule has 0 aliphatic carbocycles. The standard InChI is InChI=1S/C44H44FN7O4S2/c1-30-41(44(53)46-2)42(43(49(30)3)31-12-14-33(45)15-13-31)32-8-7-9-36(28-32)51-25-23-50(24-26-51)35-18-16-34(17-19-35)48-58(56)38-20-21-39(40(29-38)52(54)55)47-22-27-57-37-10-5-4-6-11-37/h4-21,28-29,47-48H,22-27H2,1-3H3,(H,46,53). The van der Waals surface area contributed by atoms with Crippen molar-refractivity contribution in [3.05, 3.63) is 149 Å². The average Bonchev–Trinajstić information content (AvgIpc) is 3.52. The zero-order valence-corrected chi connectivity index (χ0v) is 34.0. The summed E-state index contributed by atoms with van der Waals surface area (Å²) in [7, 11) is 3.55. The second kappa shape index (κ2) is 18.1. The maximum absolute atomic E-state index is 13.9. The van der Waals surface area contributed by atoms with Crippen LogP contribution in [-0.4, -0.2) is 65.5 Å². The lowest BCUT2D eigenvalue weighted by Gasteiger charge is -2.37. The fourth-order valence-corrected chi connectivity index (χ4v) is 8.89. The first-order valence-electron chi connectivity index (χ1n) is 18.9. The summed E-state index contributed by atoms with van der Waals surface area (Å²) < 4.78 is 32.2. The van der Waals surface area contributed by atoms with E-state index in [4.69, 9.17) is 0 Å². The minimum absolute atomic E-state index is 0.128. The van der Waals surface area contributed by atoms with Crippen LogP contribution in [0.25, 0.3) is 22.4 Å². The Labute approximate surface area is 344 Å². The molecule has 0 saturated carbocycles. The summed E-state index contributed by atoms with van der Waals surface area (Å²) >= 11 is -0.0591. The predicted molar refractivity (Wildman–Crippen MR) is 234 cm³/mol. The van der Waals surface area contributed by atoms with Crippen LogP contribution in [0.1, 0.15) is 16.1 Å². The molecule has 7 rings (SSSR count). The van der Waals surface area contributed by atoms with E-state index in [0.717, 1.165) is 76.3 Å². The number of carbonyl (C=O) groups is 1. The van der Waals surface area contributed by atoms with Crippen molar-refractivity contribution in [2.24, 2.45) is 7.05 Å². The fraction of sp³-hybridized carbons (Fsp3) is 0.205. The van der Waals surface area contributed by atoms with Gasteiger partial charge >= 0.3 is 0 Å². The maximum Gasteiger partial charge on any atom is 0.297 e. The number of rotatable bonds is 14. The Morgan fingerprint density at radius 3 is 2.21 bits per heavy atom. The van der Waals surface area contributed by atoms with Crippen molar-refractivity contribution in [1.29, 1.82) is 0 Å². The zero-order valence-electron chi connectivity index (χ0n) is 32.4. The van der Waals surface area contributed by atoms with E-state index < -0.39 is 16.3 Å². The summed E-state index contributed by atoms with van der Waals surface area (Å²) in [5.74, 6) is 0.228. The molecule has 6 aromatic rings. The molecule has 5 aromatic carbocycles. The molecule has 1 saturated heterocycles. The molecule has 1 fully saturated rings. The number of nitrogens with zero attached hydrogens (tertiary/aromatic N) is 4. The van der Waals surface area contributed by atoms with Crippen LogP contribution in [0.4, 0.5) is 32.8 Å². The van der Waals surface area contributed by atoms with E-state index in [9.17, 15) is 23.9 Å². The minimum Gasteiger partial charge on any atom is -0.588 e. The molecule has 1 aliphatic heterocycles. The SMILES string of the molecule is CNC(=O)c1c(-c2cccc(N3CCN(c4ccc(N[S+]([O-])c5ccc(NCCSc6ccccc6)c([N+](=O)[O-])c5)cc4)CC3)c2)c(-c2ccc(F)cc2)n(C)c1C. The lowest BCUT2D eigenvalue weighted by Crippen LogP contribution is -2.46. The van der Waals surface area contributed by atoms with E-state index in [-0.39, 0.29) is 17.4 Å². The minimum atomic E-state index is -1.72. The van der Waals surface area contributed by atoms with Gasteiger partial charge in [0, 0.05) is 80.1 Å². The molecule has 58 heavy (non-hydrogen) atoms. The van der Waals surface area contributed by atoms with Crippen LogP contribution in [0.3, 0.4) is 0 Å². The molecule has 3 N–H and O–H groups in total. The third-order valence-electron chi connectivity index (χ3n) is 10.3. The normalized spacial score (nSPS) is 13.3. The Bertz CT molecular complexity index is 2390. The van der Waals surface area contributed by atoms with E-state index >= 15 is 0 Å². The molecule has 11 nitrogen and oxygen atoms in total. The highest BCUT2D eigenvalue weighted by Crippen LogP contribution is 2.40. The first-order valence-corrected chi connectivity index (χ1v) is 21.0. The van der Waals surface area contributed by atoms with Gasteiger partial charge in [-0.25, -0.2) is 9.11 Å². The van der Waals surface area contributed by atoms with Crippen molar-refractivity contribution in [2.75, 3.05) is 65.4 Å². The van der Waals surface area contributed by atoms with Gasteiger partial charge in [0.05, 0.1) is 27.9 Å². The number of thioether (sulfide) groups is 1. The molecular weight excluding hydrogens is 774 g/mol. The molecule has 1 unspecified atom stereocenters. The number of carbonyl (C=O) groups excluding carboxylic acids is 1. The number of hydrogen-bond donors (Lipinski definition) is 3. The van der Waals surface area contributed by atoms with Crippen LogP contribution in [-0.2, 0) is 18.4 Å².